The van der Waals surface area contributed by atoms with Crippen LogP contribution >= 0.6 is 0 Å². The van der Waals surface area contributed by atoms with Gasteiger partial charge in [-0.3, -0.25) is 14.4 Å². The van der Waals surface area contributed by atoms with Crippen molar-refractivity contribution in [2.45, 2.75) is 89.3 Å². The van der Waals surface area contributed by atoms with Crippen LogP contribution in [0.1, 0.15) is 74.9 Å². The van der Waals surface area contributed by atoms with Crippen LogP contribution in [0.5, 0.6) is 0 Å². The Labute approximate surface area is 215 Å². The van der Waals surface area contributed by atoms with Crippen molar-refractivity contribution >= 4 is 5.91 Å². The van der Waals surface area contributed by atoms with Crippen LogP contribution in [0.25, 0.3) is 0 Å². The fourth-order valence-corrected chi connectivity index (χ4v) is 5.20. The van der Waals surface area contributed by atoms with Gasteiger partial charge < -0.3 is 15.4 Å². The second-order valence-corrected chi connectivity index (χ2v) is 10.2. The standard InChI is InChI=1S/C28H42N6O2/c1-21-26(36-23-14-10-5-4-6-11-15-23)17-16-24(33(21)2)28-25(34(3)32-31-28)19-29-20-27(35)30-18-22-12-8-7-9-13-22/h7-9,12-13,16-17,21,23-24,26,29H,4-6,10-11,14-15,18-20H2,1-3H3,(H,30,35)/t21-,24?,26?/m1/s1. The van der Waals surface area contributed by atoms with E-state index in [9.17, 15) is 4.79 Å². The monoisotopic (exact) mass is 494 g/mol. The predicted molar refractivity (Wildman–Crippen MR) is 141 cm³/mol. The lowest BCUT2D eigenvalue weighted by atomic mass is 9.96. The summed E-state index contributed by atoms with van der Waals surface area (Å²) in [5, 5.41) is 15.0. The van der Waals surface area contributed by atoms with Crippen molar-refractivity contribution in [3.8, 4) is 0 Å². The first-order valence-corrected chi connectivity index (χ1v) is 13.5. The summed E-state index contributed by atoms with van der Waals surface area (Å²) in [4.78, 5) is 14.6. The highest BCUT2D eigenvalue weighted by Gasteiger charge is 2.34. The van der Waals surface area contributed by atoms with Crippen molar-refractivity contribution in [2.24, 2.45) is 7.05 Å². The van der Waals surface area contributed by atoms with E-state index in [-0.39, 0.29) is 30.6 Å². The van der Waals surface area contributed by atoms with Crippen LogP contribution < -0.4 is 10.6 Å². The van der Waals surface area contributed by atoms with Gasteiger partial charge in [0.25, 0.3) is 0 Å². The molecule has 8 nitrogen and oxygen atoms in total. The van der Waals surface area contributed by atoms with Crippen LogP contribution in [-0.4, -0.2) is 57.6 Å². The number of aromatic nitrogens is 3. The largest absolute Gasteiger partial charge is 0.369 e. The number of carbonyl (C=O) groups is 1. The fraction of sp³-hybridized carbons (Fsp3) is 0.607. The first-order valence-electron chi connectivity index (χ1n) is 13.5. The van der Waals surface area contributed by atoms with E-state index in [1.54, 1.807) is 4.68 Å². The smallest absolute Gasteiger partial charge is 0.234 e. The molecule has 2 N–H and O–H groups in total. The molecule has 1 aromatic carbocycles. The van der Waals surface area contributed by atoms with Gasteiger partial charge in [-0.05, 0) is 32.4 Å². The summed E-state index contributed by atoms with van der Waals surface area (Å²) in [6.45, 7) is 3.52. The lowest BCUT2D eigenvalue weighted by molar-refractivity contribution is -0.120. The molecule has 2 heterocycles. The first-order chi connectivity index (χ1) is 17.5. The number of carbonyl (C=O) groups excluding carboxylic acids is 1. The molecule has 0 bridgehead atoms. The normalized spacial score (nSPS) is 23.8. The number of rotatable bonds is 9. The van der Waals surface area contributed by atoms with Gasteiger partial charge in [-0.2, -0.15) is 0 Å². The van der Waals surface area contributed by atoms with E-state index in [1.807, 2.05) is 37.4 Å². The molecule has 196 valence electrons. The molecule has 1 aliphatic carbocycles. The Hall–Kier alpha value is -2.55. The summed E-state index contributed by atoms with van der Waals surface area (Å²) in [6.07, 6.45) is 13.8. The molecule has 1 fully saturated rings. The molecule has 4 rings (SSSR count). The molecular formula is C28H42N6O2. The molecule has 0 saturated heterocycles. The van der Waals surface area contributed by atoms with Gasteiger partial charge in [0.15, 0.2) is 0 Å². The predicted octanol–water partition coefficient (Wildman–Crippen LogP) is 3.65. The third-order valence-corrected chi connectivity index (χ3v) is 7.61. The van der Waals surface area contributed by atoms with Crippen LogP contribution in [0.2, 0.25) is 0 Å². The minimum absolute atomic E-state index is 0.0228. The maximum Gasteiger partial charge on any atom is 0.234 e. The molecule has 36 heavy (non-hydrogen) atoms. The highest BCUT2D eigenvalue weighted by molar-refractivity contribution is 5.77. The van der Waals surface area contributed by atoms with Gasteiger partial charge in [-0.1, -0.05) is 79.8 Å². The molecule has 1 aliphatic heterocycles. The summed E-state index contributed by atoms with van der Waals surface area (Å²) < 4.78 is 8.39. The lowest BCUT2D eigenvalue weighted by Crippen LogP contribution is -2.46. The molecule has 0 spiro atoms. The van der Waals surface area contributed by atoms with E-state index < -0.39 is 0 Å². The van der Waals surface area contributed by atoms with Crippen molar-refractivity contribution in [1.29, 1.82) is 0 Å². The van der Waals surface area contributed by atoms with E-state index in [1.165, 1.54) is 44.9 Å². The Balaban J connectivity index is 1.32. The second kappa shape index (κ2) is 13.1. The number of ether oxygens (including phenoxy) is 1. The highest BCUT2D eigenvalue weighted by atomic mass is 16.5. The van der Waals surface area contributed by atoms with Crippen LogP contribution in [0.4, 0.5) is 0 Å². The van der Waals surface area contributed by atoms with Crippen LogP contribution in [-0.2, 0) is 29.7 Å². The SMILES string of the molecule is C[C@@H]1C(OC2CCCCCCC2)C=CC(c2nnn(C)c2CNCC(=O)NCc2ccccc2)N1C. The highest BCUT2D eigenvalue weighted by Crippen LogP contribution is 2.31. The van der Waals surface area contributed by atoms with Crippen molar-refractivity contribution in [3.63, 3.8) is 0 Å². The van der Waals surface area contributed by atoms with Gasteiger partial charge in [0, 0.05) is 26.2 Å². The number of aryl methyl sites for hydroxylation is 1. The van der Waals surface area contributed by atoms with Crippen molar-refractivity contribution < 1.29 is 9.53 Å². The van der Waals surface area contributed by atoms with Gasteiger partial charge in [0.05, 0.1) is 30.5 Å². The average Bonchev–Trinajstić information content (AvgIpc) is 3.23. The third-order valence-electron chi connectivity index (χ3n) is 7.61. The minimum Gasteiger partial charge on any atom is -0.369 e. The number of likely N-dealkylation sites (N-methyl/N-ethyl adjacent to an activating group) is 1. The zero-order chi connectivity index (χ0) is 25.3. The van der Waals surface area contributed by atoms with Crippen molar-refractivity contribution in [1.82, 2.24) is 30.5 Å². The Morgan fingerprint density at radius 2 is 1.75 bits per heavy atom. The number of benzene rings is 1. The Morgan fingerprint density at radius 1 is 1.03 bits per heavy atom. The number of hydrogen-bond acceptors (Lipinski definition) is 6. The van der Waals surface area contributed by atoms with Crippen LogP contribution in [0.3, 0.4) is 0 Å². The van der Waals surface area contributed by atoms with Gasteiger partial charge in [0.1, 0.15) is 5.69 Å². The van der Waals surface area contributed by atoms with Gasteiger partial charge >= 0.3 is 0 Å². The third kappa shape index (κ3) is 7.02. The first kappa shape index (κ1) is 26.5. The lowest BCUT2D eigenvalue weighted by Gasteiger charge is -2.40. The molecule has 8 heteroatoms. The zero-order valence-electron chi connectivity index (χ0n) is 22.0. The van der Waals surface area contributed by atoms with E-state index in [2.05, 4.69) is 52.0 Å². The van der Waals surface area contributed by atoms with Crippen molar-refractivity contribution in [3.05, 3.63) is 59.4 Å². The maximum atomic E-state index is 12.3. The second-order valence-electron chi connectivity index (χ2n) is 10.2. The summed E-state index contributed by atoms with van der Waals surface area (Å²) in [5.41, 5.74) is 2.99. The average molecular weight is 495 g/mol. The van der Waals surface area contributed by atoms with Crippen molar-refractivity contribution in [2.75, 3.05) is 13.6 Å². The summed E-state index contributed by atoms with van der Waals surface area (Å²) in [6, 6.07) is 10.2. The molecule has 2 aromatic rings. The van der Waals surface area contributed by atoms with Gasteiger partial charge in [-0.15, -0.1) is 5.10 Å². The van der Waals surface area contributed by atoms with E-state index in [0.29, 0.717) is 19.2 Å². The fourth-order valence-electron chi connectivity index (χ4n) is 5.20. The maximum absolute atomic E-state index is 12.3. The topological polar surface area (TPSA) is 84.3 Å². The number of nitrogens with zero attached hydrogens (tertiary/aromatic N) is 4. The number of amides is 1. The minimum atomic E-state index is -0.0342. The molecule has 2 unspecified atom stereocenters. The molecule has 1 aromatic heterocycles. The summed E-state index contributed by atoms with van der Waals surface area (Å²) >= 11 is 0. The molecule has 1 amide bonds. The Bertz CT molecular complexity index is 983. The quantitative estimate of drug-likeness (QED) is 0.518. The summed E-state index contributed by atoms with van der Waals surface area (Å²) in [5.74, 6) is -0.0342. The molecule has 2 aliphatic rings. The van der Waals surface area contributed by atoms with Crippen LogP contribution in [0.15, 0.2) is 42.5 Å². The van der Waals surface area contributed by atoms with E-state index >= 15 is 0 Å². The number of hydrogen-bond donors (Lipinski definition) is 2. The van der Waals surface area contributed by atoms with Crippen LogP contribution in [0, 0.1) is 0 Å². The molecule has 0 radical (unpaired) electrons. The van der Waals surface area contributed by atoms with E-state index in [4.69, 9.17) is 4.74 Å². The molecule has 1 saturated carbocycles. The van der Waals surface area contributed by atoms with E-state index in [0.717, 1.165) is 17.0 Å². The van der Waals surface area contributed by atoms with Gasteiger partial charge in [0.2, 0.25) is 5.91 Å². The number of nitrogens with one attached hydrogen (secondary N) is 2. The zero-order valence-corrected chi connectivity index (χ0v) is 22.0. The molecular weight excluding hydrogens is 452 g/mol. The Kier molecular flexibility index (Phi) is 9.67. The molecule has 3 atom stereocenters. The summed E-state index contributed by atoms with van der Waals surface area (Å²) in [7, 11) is 4.04. The van der Waals surface area contributed by atoms with Gasteiger partial charge in [-0.25, -0.2) is 0 Å². The Morgan fingerprint density at radius 3 is 2.50 bits per heavy atom.